The molecule has 0 saturated carbocycles. The number of nitrogens with zero attached hydrogens (tertiary/aromatic N) is 4. The summed E-state index contributed by atoms with van der Waals surface area (Å²) >= 11 is 0. The molecule has 8 heteroatoms. The van der Waals surface area contributed by atoms with E-state index < -0.39 is 6.09 Å². The summed E-state index contributed by atoms with van der Waals surface area (Å²) < 4.78 is 6.46. The number of rotatable bonds is 3. The van der Waals surface area contributed by atoms with Crippen LogP contribution in [0.1, 0.15) is 13.3 Å². The van der Waals surface area contributed by atoms with Crippen molar-refractivity contribution >= 4 is 23.4 Å². The zero-order chi connectivity index (χ0) is 15.4. The molecule has 1 amide bonds. The Hall–Kier alpha value is -2.35. The van der Waals surface area contributed by atoms with Crippen molar-refractivity contribution in [1.29, 1.82) is 0 Å². The molecule has 0 aliphatic carbocycles. The van der Waals surface area contributed by atoms with E-state index >= 15 is 0 Å². The van der Waals surface area contributed by atoms with Crippen LogP contribution in [0.4, 0.5) is 16.4 Å². The summed E-state index contributed by atoms with van der Waals surface area (Å²) in [6, 6.07) is 4.00. The van der Waals surface area contributed by atoms with E-state index in [0.29, 0.717) is 12.3 Å². The van der Waals surface area contributed by atoms with Gasteiger partial charge in [0, 0.05) is 37.6 Å². The van der Waals surface area contributed by atoms with Crippen molar-refractivity contribution in [3.63, 3.8) is 0 Å². The van der Waals surface area contributed by atoms with Gasteiger partial charge in [-0.25, -0.2) is 9.31 Å². The zero-order valence-corrected chi connectivity index (χ0v) is 12.6. The van der Waals surface area contributed by atoms with Crippen LogP contribution in [0, 0.1) is 0 Å². The molecule has 118 valence electrons. The predicted molar refractivity (Wildman–Crippen MR) is 83.3 cm³/mol. The predicted octanol–water partition coefficient (Wildman–Crippen LogP) is 1.10. The van der Waals surface area contributed by atoms with Crippen LogP contribution in [0.15, 0.2) is 18.3 Å². The van der Waals surface area contributed by atoms with Crippen molar-refractivity contribution in [2.45, 2.75) is 13.3 Å². The van der Waals surface area contributed by atoms with Crippen LogP contribution in [0.5, 0.6) is 0 Å². The molecule has 0 unspecified atom stereocenters. The van der Waals surface area contributed by atoms with E-state index in [1.165, 1.54) is 0 Å². The maximum atomic E-state index is 11.4. The SMILES string of the molecule is CCOC(=O)Nc1nc2cc(N3CCCNCC3)ccn2n1. The molecule has 22 heavy (non-hydrogen) atoms. The Morgan fingerprint density at radius 2 is 2.36 bits per heavy atom. The highest BCUT2D eigenvalue weighted by Gasteiger charge is 2.12. The first kappa shape index (κ1) is 14.6. The number of fused-ring (bicyclic) bond motifs is 1. The molecule has 2 N–H and O–H groups in total. The van der Waals surface area contributed by atoms with E-state index in [2.05, 4.69) is 25.6 Å². The number of anilines is 2. The van der Waals surface area contributed by atoms with Gasteiger partial charge in [-0.3, -0.25) is 5.32 Å². The standard InChI is InChI=1S/C14H20N6O2/c1-2-22-14(21)17-13-16-12-10-11(4-8-20(12)18-13)19-7-3-5-15-6-9-19/h4,8,10,15H,2-3,5-7,9H2,1H3,(H,17,18,21). The summed E-state index contributed by atoms with van der Waals surface area (Å²) in [4.78, 5) is 18.0. The van der Waals surface area contributed by atoms with Crippen molar-refractivity contribution in [2.75, 3.05) is 43.0 Å². The maximum Gasteiger partial charge on any atom is 0.414 e. The molecule has 0 aromatic carbocycles. The second kappa shape index (κ2) is 6.61. The molecule has 2 aromatic heterocycles. The fourth-order valence-corrected chi connectivity index (χ4v) is 2.48. The summed E-state index contributed by atoms with van der Waals surface area (Å²) in [5.74, 6) is 0.244. The fraction of sp³-hybridized carbons (Fsp3) is 0.500. The van der Waals surface area contributed by atoms with Crippen molar-refractivity contribution in [3.05, 3.63) is 18.3 Å². The minimum atomic E-state index is -0.544. The highest BCUT2D eigenvalue weighted by Crippen LogP contribution is 2.18. The van der Waals surface area contributed by atoms with Gasteiger partial charge in [0.15, 0.2) is 5.65 Å². The number of carbonyl (C=O) groups is 1. The maximum absolute atomic E-state index is 11.4. The summed E-state index contributed by atoms with van der Waals surface area (Å²) in [7, 11) is 0. The molecule has 0 atom stereocenters. The van der Waals surface area contributed by atoms with E-state index in [9.17, 15) is 4.79 Å². The van der Waals surface area contributed by atoms with Crippen molar-refractivity contribution in [3.8, 4) is 0 Å². The quantitative estimate of drug-likeness (QED) is 0.883. The Labute approximate surface area is 128 Å². The molecule has 0 bridgehead atoms. The second-order valence-electron chi connectivity index (χ2n) is 5.06. The van der Waals surface area contributed by atoms with Crippen molar-refractivity contribution < 1.29 is 9.53 Å². The van der Waals surface area contributed by atoms with E-state index in [4.69, 9.17) is 4.74 Å². The van der Waals surface area contributed by atoms with Gasteiger partial charge in [0.1, 0.15) is 0 Å². The molecule has 2 aromatic rings. The molecule has 1 aliphatic rings. The molecule has 0 spiro atoms. The largest absolute Gasteiger partial charge is 0.450 e. The highest BCUT2D eigenvalue weighted by atomic mass is 16.5. The van der Waals surface area contributed by atoms with Gasteiger partial charge in [0.2, 0.25) is 0 Å². The number of nitrogens with one attached hydrogen (secondary N) is 2. The number of pyridine rings is 1. The minimum absolute atomic E-state index is 0.244. The van der Waals surface area contributed by atoms with Crippen LogP contribution in [-0.4, -0.2) is 53.5 Å². The molecular formula is C14H20N6O2. The number of hydrogen-bond donors (Lipinski definition) is 2. The number of hydrogen-bond acceptors (Lipinski definition) is 6. The molecule has 0 radical (unpaired) electrons. The van der Waals surface area contributed by atoms with Gasteiger partial charge < -0.3 is 15.0 Å². The monoisotopic (exact) mass is 304 g/mol. The van der Waals surface area contributed by atoms with E-state index in [1.807, 2.05) is 18.3 Å². The first-order valence-electron chi connectivity index (χ1n) is 7.52. The molecule has 1 aliphatic heterocycles. The summed E-state index contributed by atoms with van der Waals surface area (Å²) in [6.07, 6.45) is 2.43. The third-order valence-electron chi connectivity index (χ3n) is 3.52. The lowest BCUT2D eigenvalue weighted by molar-refractivity contribution is 0.167. The van der Waals surface area contributed by atoms with Gasteiger partial charge in [-0.2, -0.15) is 4.98 Å². The van der Waals surface area contributed by atoms with Crippen LogP contribution in [0.25, 0.3) is 5.65 Å². The van der Waals surface area contributed by atoms with Gasteiger partial charge in [-0.15, -0.1) is 5.10 Å². The number of aromatic nitrogens is 3. The zero-order valence-electron chi connectivity index (χ0n) is 12.6. The topological polar surface area (TPSA) is 83.8 Å². The first-order chi connectivity index (χ1) is 10.8. The molecule has 1 saturated heterocycles. The van der Waals surface area contributed by atoms with Gasteiger partial charge in [0.25, 0.3) is 5.95 Å². The molecule has 1 fully saturated rings. The Balaban J connectivity index is 1.78. The lowest BCUT2D eigenvalue weighted by Crippen LogP contribution is -2.27. The Kier molecular flexibility index (Phi) is 4.38. The van der Waals surface area contributed by atoms with Crippen LogP contribution in [-0.2, 0) is 4.74 Å². The van der Waals surface area contributed by atoms with Gasteiger partial charge in [-0.1, -0.05) is 0 Å². The molecule has 3 heterocycles. The summed E-state index contributed by atoms with van der Waals surface area (Å²) in [5, 5.41) is 10.1. The number of ether oxygens (including phenoxy) is 1. The smallest absolute Gasteiger partial charge is 0.414 e. The number of carbonyl (C=O) groups excluding carboxylic acids is 1. The van der Waals surface area contributed by atoms with Gasteiger partial charge in [-0.05, 0) is 26.0 Å². The lowest BCUT2D eigenvalue weighted by atomic mass is 10.3. The van der Waals surface area contributed by atoms with Crippen LogP contribution < -0.4 is 15.5 Å². The normalized spacial score (nSPS) is 15.6. The van der Waals surface area contributed by atoms with Crippen LogP contribution >= 0.6 is 0 Å². The molecule has 8 nitrogen and oxygen atoms in total. The lowest BCUT2D eigenvalue weighted by Gasteiger charge is -2.21. The van der Waals surface area contributed by atoms with Crippen LogP contribution in [0.3, 0.4) is 0 Å². The van der Waals surface area contributed by atoms with Crippen LogP contribution in [0.2, 0.25) is 0 Å². The summed E-state index contributed by atoms with van der Waals surface area (Å²) in [6.45, 7) is 6.08. The minimum Gasteiger partial charge on any atom is -0.450 e. The van der Waals surface area contributed by atoms with E-state index in [1.54, 1.807) is 11.4 Å². The first-order valence-corrected chi connectivity index (χ1v) is 7.52. The average Bonchev–Trinajstić information content (AvgIpc) is 2.71. The molecular weight excluding hydrogens is 284 g/mol. The molecule has 3 rings (SSSR count). The van der Waals surface area contributed by atoms with Crippen molar-refractivity contribution in [2.24, 2.45) is 0 Å². The highest BCUT2D eigenvalue weighted by molar-refractivity contribution is 5.82. The van der Waals surface area contributed by atoms with Crippen molar-refractivity contribution in [1.82, 2.24) is 19.9 Å². The Morgan fingerprint density at radius 1 is 1.45 bits per heavy atom. The third-order valence-corrected chi connectivity index (χ3v) is 3.52. The fourth-order valence-electron chi connectivity index (χ4n) is 2.48. The summed E-state index contributed by atoms with van der Waals surface area (Å²) in [5.41, 5.74) is 1.81. The van der Waals surface area contributed by atoms with E-state index in [0.717, 1.165) is 38.3 Å². The third kappa shape index (κ3) is 3.28. The van der Waals surface area contributed by atoms with E-state index in [-0.39, 0.29) is 5.95 Å². The Bertz CT molecular complexity index is 648. The second-order valence-corrected chi connectivity index (χ2v) is 5.06. The Morgan fingerprint density at radius 3 is 3.23 bits per heavy atom. The van der Waals surface area contributed by atoms with Gasteiger partial charge >= 0.3 is 6.09 Å². The number of amides is 1. The average molecular weight is 304 g/mol. The van der Waals surface area contributed by atoms with Gasteiger partial charge in [0.05, 0.1) is 6.61 Å².